The number of H-pyrrole nitrogens is 1. The van der Waals surface area contributed by atoms with E-state index in [0.29, 0.717) is 18.0 Å². The lowest BCUT2D eigenvalue weighted by Crippen LogP contribution is -2.16. The molecule has 3 rings (SSSR count). The molecular formula is C13H15N3O3. The third-order valence-electron chi connectivity index (χ3n) is 3.02. The maximum absolute atomic E-state index is 9.87. The summed E-state index contributed by atoms with van der Waals surface area (Å²) in [4.78, 5) is 7.00. The summed E-state index contributed by atoms with van der Waals surface area (Å²) in [6, 6.07) is 3.40. The molecule has 1 aromatic heterocycles. The molecule has 0 saturated heterocycles. The zero-order valence-corrected chi connectivity index (χ0v) is 10.3. The van der Waals surface area contributed by atoms with E-state index in [0.717, 1.165) is 24.2 Å². The number of hydrogen-bond donors (Lipinski definition) is 3. The molecule has 0 radical (unpaired) electrons. The van der Waals surface area contributed by atoms with Gasteiger partial charge in [-0.3, -0.25) is 0 Å². The molecule has 0 fully saturated rings. The van der Waals surface area contributed by atoms with Crippen molar-refractivity contribution in [2.75, 3.05) is 13.3 Å². The van der Waals surface area contributed by atoms with Crippen LogP contribution in [0, 0.1) is 0 Å². The first-order valence-electron chi connectivity index (χ1n) is 6.12. The molecule has 100 valence electrons. The fraction of sp³-hybridized carbons (Fsp3) is 0.308. The van der Waals surface area contributed by atoms with Crippen LogP contribution in [0.3, 0.4) is 0 Å². The number of phenols is 1. The number of imidazole rings is 1. The Hall–Kier alpha value is -2.21. The summed E-state index contributed by atoms with van der Waals surface area (Å²) in [6.45, 7) is 1.60. The lowest BCUT2D eigenvalue weighted by molar-refractivity contribution is 0.174. The molecule has 0 spiro atoms. The Bertz CT molecular complexity index is 555. The quantitative estimate of drug-likeness (QED) is 0.704. The monoisotopic (exact) mass is 261 g/mol. The summed E-state index contributed by atoms with van der Waals surface area (Å²) in [6.07, 6.45) is 4.34. The second kappa shape index (κ2) is 5.19. The third-order valence-corrected chi connectivity index (χ3v) is 3.02. The van der Waals surface area contributed by atoms with Crippen LogP contribution in [0.2, 0.25) is 0 Å². The molecule has 2 heterocycles. The van der Waals surface area contributed by atoms with Gasteiger partial charge in [0, 0.05) is 43.0 Å². The number of hydrogen-bond acceptors (Lipinski definition) is 5. The Kier molecular flexibility index (Phi) is 3.24. The van der Waals surface area contributed by atoms with Crippen LogP contribution in [0.25, 0.3) is 0 Å². The smallest absolute Gasteiger partial charge is 0.231 e. The predicted molar refractivity (Wildman–Crippen MR) is 68.2 cm³/mol. The van der Waals surface area contributed by atoms with Gasteiger partial charge in [0.05, 0.1) is 6.33 Å². The van der Waals surface area contributed by atoms with Crippen LogP contribution in [-0.4, -0.2) is 28.4 Å². The molecule has 0 aliphatic carbocycles. The molecule has 0 saturated carbocycles. The van der Waals surface area contributed by atoms with E-state index < -0.39 is 0 Å². The molecule has 3 N–H and O–H groups in total. The SMILES string of the molecule is Oc1cc2c(cc1CNCCc1cnc[nH]1)OCO2. The summed E-state index contributed by atoms with van der Waals surface area (Å²) in [5, 5.41) is 13.1. The minimum atomic E-state index is 0.214. The molecule has 1 aliphatic rings. The molecule has 0 amide bonds. The standard InChI is InChI=1S/C13H15N3O3/c17-11-4-13-12(18-8-19-13)3-9(11)5-14-2-1-10-6-15-7-16-10/h3-4,6-7,14,17H,1-2,5,8H2,(H,15,16). The number of nitrogens with one attached hydrogen (secondary N) is 2. The summed E-state index contributed by atoms with van der Waals surface area (Å²) >= 11 is 0. The first-order valence-corrected chi connectivity index (χ1v) is 6.12. The average molecular weight is 261 g/mol. The highest BCUT2D eigenvalue weighted by molar-refractivity contribution is 5.51. The van der Waals surface area contributed by atoms with Gasteiger partial charge in [0.2, 0.25) is 6.79 Å². The van der Waals surface area contributed by atoms with Crippen LogP contribution < -0.4 is 14.8 Å². The zero-order chi connectivity index (χ0) is 13.1. The van der Waals surface area contributed by atoms with Gasteiger partial charge in [-0.15, -0.1) is 0 Å². The minimum absolute atomic E-state index is 0.214. The number of fused-ring (bicyclic) bond motifs is 1. The average Bonchev–Trinajstić information content (AvgIpc) is 3.05. The van der Waals surface area contributed by atoms with Gasteiger partial charge >= 0.3 is 0 Å². The maximum atomic E-state index is 9.87. The number of benzene rings is 1. The number of nitrogens with zero attached hydrogens (tertiary/aromatic N) is 1. The molecule has 1 aliphatic heterocycles. The summed E-state index contributed by atoms with van der Waals surface area (Å²) in [5.41, 5.74) is 1.89. The maximum Gasteiger partial charge on any atom is 0.231 e. The van der Waals surface area contributed by atoms with Gasteiger partial charge in [-0.25, -0.2) is 4.98 Å². The van der Waals surface area contributed by atoms with E-state index in [9.17, 15) is 5.11 Å². The van der Waals surface area contributed by atoms with Crippen LogP contribution in [0.5, 0.6) is 17.2 Å². The highest BCUT2D eigenvalue weighted by atomic mass is 16.7. The van der Waals surface area contributed by atoms with E-state index in [1.807, 2.05) is 0 Å². The fourth-order valence-corrected chi connectivity index (χ4v) is 1.98. The van der Waals surface area contributed by atoms with Crippen LogP contribution >= 0.6 is 0 Å². The Labute approximate surface area is 110 Å². The van der Waals surface area contributed by atoms with Crippen molar-refractivity contribution in [3.8, 4) is 17.2 Å². The van der Waals surface area contributed by atoms with Gasteiger partial charge in [0.25, 0.3) is 0 Å². The van der Waals surface area contributed by atoms with Crippen molar-refractivity contribution in [3.05, 3.63) is 35.9 Å². The van der Waals surface area contributed by atoms with Gasteiger partial charge in [0.1, 0.15) is 5.75 Å². The van der Waals surface area contributed by atoms with Gasteiger partial charge < -0.3 is 24.9 Å². The molecule has 0 bridgehead atoms. The van der Waals surface area contributed by atoms with Crippen molar-refractivity contribution in [2.45, 2.75) is 13.0 Å². The van der Waals surface area contributed by atoms with E-state index >= 15 is 0 Å². The number of rotatable bonds is 5. The van der Waals surface area contributed by atoms with Gasteiger partial charge in [-0.2, -0.15) is 0 Å². The third kappa shape index (κ3) is 2.63. The van der Waals surface area contributed by atoms with Crippen molar-refractivity contribution in [2.24, 2.45) is 0 Å². The summed E-state index contributed by atoms with van der Waals surface area (Å²) in [7, 11) is 0. The molecule has 6 nitrogen and oxygen atoms in total. The highest BCUT2D eigenvalue weighted by Crippen LogP contribution is 2.37. The number of phenolic OH excluding ortho intramolecular Hbond substituents is 1. The van der Waals surface area contributed by atoms with Crippen LogP contribution in [0.4, 0.5) is 0 Å². The second-order valence-corrected chi connectivity index (χ2v) is 4.34. The Balaban J connectivity index is 1.55. The molecule has 0 atom stereocenters. The van der Waals surface area contributed by atoms with Crippen LogP contribution in [0.15, 0.2) is 24.7 Å². The molecule has 6 heteroatoms. The molecule has 2 aromatic rings. The first-order chi connectivity index (χ1) is 9.33. The van der Waals surface area contributed by atoms with Crippen LogP contribution in [-0.2, 0) is 13.0 Å². The number of aromatic amines is 1. The summed E-state index contributed by atoms with van der Waals surface area (Å²) < 4.78 is 10.5. The van der Waals surface area contributed by atoms with Crippen molar-refractivity contribution in [3.63, 3.8) is 0 Å². The molecular weight excluding hydrogens is 246 g/mol. The normalized spacial score (nSPS) is 12.8. The fourth-order valence-electron chi connectivity index (χ4n) is 1.98. The topological polar surface area (TPSA) is 79.4 Å². The predicted octanol–water partition coefficient (Wildman–Crippen LogP) is 1.18. The van der Waals surface area contributed by atoms with Crippen molar-refractivity contribution in [1.82, 2.24) is 15.3 Å². The Morgan fingerprint density at radius 3 is 2.95 bits per heavy atom. The minimum Gasteiger partial charge on any atom is -0.507 e. The molecule has 0 unspecified atom stereocenters. The lowest BCUT2D eigenvalue weighted by Gasteiger charge is -2.07. The largest absolute Gasteiger partial charge is 0.507 e. The first kappa shape index (κ1) is 11.9. The molecule has 1 aromatic carbocycles. The Morgan fingerprint density at radius 1 is 1.32 bits per heavy atom. The van der Waals surface area contributed by atoms with Gasteiger partial charge in [-0.05, 0) is 6.07 Å². The number of aromatic hydroxyl groups is 1. The summed E-state index contributed by atoms with van der Waals surface area (Å²) in [5.74, 6) is 1.50. The Morgan fingerprint density at radius 2 is 2.16 bits per heavy atom. The van der Waals surface area contributed by atoms with E-state index in [1.165, 1.54) is 0 Å². The lowest BCUT2D eigenvalue weighted by atomic mass is 10.1. The van der Waals surface area contributed by atoms with Crippen molar-refractivity contribution >= 4 is 0 Å². The van der Waals surface area contributed by atoms with Gasteiger partial charge in [-0.1, -0.05) is 0 Å². The zero-order valence-electron chi connectivity index (χ0n) is 10.3. The van der Waals surface area contributed by atoms with Gasteiger partial charge in [0.15, 0.2) is 11.5 Å². The van der Waals surface area contributed by atoms with E-state index in [-0.39, 0.29) is 12.5 Å². The van der Waals surface area contributed by atoms with Crippen molar-refractivity contribution < 1.29 is 14.6 Å². The van der Waals surface area contributed by atoms with E-state index in [2.05, 4.69) is 15.3 Å². The number of ether oxygens (including phenoxy) is 2. The second-order valence-electron chi connectivity index (χ2n) is 4.34. The van der Waals surface area contributed by atoms with E-state index in [1.54, 1.807) is 24.7 Å². The van der Waals surface area contributed by atoms with E-state index in [4.69, 9.17) is 9.47 Å². The highest BCUT2D eigenvalue weighted by Gasteiger charge is 2.16. The van der Waals surface area contributed by atoms with Crippen LogP contribution in [0.1, 0.15) is 11.3 Å². The molecule has 19 heavy (non-hydrogen) atoms. The van der Waals surface area contributed by atoms with Crippen molar-refractivity contribution in [1.29, 1.82) is 0 Å². The number of aromatic nitrogens is 2.